The Bertz CT molecular complexity index is 1120. The zero-order chi connectivity index (χ0) is 20.7. The van der Waals surface area contributed by atoms with Crippen LogP contribution in [0, 0.1) is 0 Å². The van der Waals surface area contributed by atoms with E-state index >= 15 is 0 Å². The smallest absolute Gasteiger partial charge is 0.248 e. The maximum Gasteiger partial charge on any atom is 0.248 e. The van der Waals surface area contributed by atoms with Crippen LogP contribution in [-0.2, 0) is 0 Å². The van der Waals surface area contributed by atoms with E-state index < -0.39 is 12.3 Å². The number of nitrogens with one attached hydrogen (secondary N) is 2. The van der Waals surface area contributed by atoms with Crippen LogP contribution in [0.25, 0.3) is 22.4 Å². The summed E-state index contributed by atoms with van der Waals surface area (Å²) >= 11 is 0. The maximum absolute atomic E-state index is 14.5. The van der Waals surface area contributed by atoms with Crippen LogP contribution >= 0.6 is 0 Å². The lowest BCUT2D eigenvalue weighted by Crippen LogP contribution is -2.51. The Kier molecular flexibility index (Phi) is 4.71. The Labute approximate surface area is 172 Å². The molecule has 30 heavy (non-hydrogen) atoms. The molecule has 2 aliphatic heterocycles. The number of nitrogens with zero attached hydrogens (tertiary/aromatic N) is 2. The molecule has 4 heterocycles. The van der Waals surface area contributed by atoms with E-state index in [0.29, 0.717) is 34.8 Å². The molecule has 3 aromatic rings. The number of pyridine rings is 1. The van der Waals surface area contributed by atoms with Crippen molar-refractivity contribution in [3.05, 3.63) is 59.0 Å². The Morgan fingerprint density at radius 1 is 1.07 bits per heavy atom. The highest BCUT2D eigenvalue weighted by Gasteiger charge is 2.43. The number of hydrogen-bond donors (Lipinski definition) is 3. The van der Waals surface area contributed by atoms with E-state index in [1.54, 1.807) is 42.6 Å². The van der Waals surface area contributed by atoms with Gasteiger partial charge in [0.25, 0.3) is 0 Å². The van der Waals surface area contributed by atoms with Crippen LogP contribution in [-0.4, -0.2) is 44.6 Å². The Morgan fingerprint density at radius 3 is 2.70 bits per heavy atom. The number of alkyl halides is 1. The van der Waals surface area contributed by atoms with Crippen LogP contribution in [0.1, 0.15) is 19.3 Å². The second-order valence-electron chi connectivity index (χ2n) is 7.81. The van der Waals surface area contributed by atoms with E-state index in [1.165, 1.54) is 6.07 Å². The molecule has 0 radical (unpaired) electrons. The fourth-order valence-corrected chi connectivity index (χ4v) is 4.30. The van der Waals surface area contributed by atoms with Crippen molar-refractivity contribution < 1.29 is 14.2 Å². The molecule has 2 aliphatic rings. The lowest BCUT2D eigenvalue weighted by atomic mass is 10.0. The molecule has 4 atom stereocenters. The van der Waals surface area contributed by atoms with Crippen molar-refractivity contribution >= 4 is 0 Å². The molecule has 2 fully saturated rings. The molecule has 0 saturated carbocycles. The third-order valence-corrected chi connectivity index (χ3v) is 5.83. The number of benzene rings is 1. The summed E-state index contributed by atoms with van der Waals surface area (Å²) in [6, 6.07) is 11.8. The summed E-state index contributed by atoms with van der Waals surface area (Å²) in [5.74, 6) is 0.293. The number of hydrogen-bond acceptors (Lipinski definition) is 6. The van der Waals surface area contributed by atoms with Crippen LogP contribution in [0.2, 0.25) is 0 Å². The average molecular weight is 408 g/mol. The Balaban J connectivity index is 1.33. The van der Waals surface area contributed by atoms with Gasteiger partial charge in [-0.25, -0.2) is 4.39 Å². The number of fused-ring (bicyclic) bond motifs is 2. The number of piperidine rings is 1. The molecule has 0 amide bonds. The highest BCUT2D eigenvalue weighted by molar-refractivity contribution is 5.74. The summed E-state index contributed by atoms with van der Waals surface area (Å²) in [6.45, 7) is 0. The second-order valence-corrected chi connectivity index (χ2v) is 7.81. The van der Waals surface area contributed by atoms with Crippen molar-refractivity contribution in [3.63, 3.8) is 0 Å². The summed E-state index contributed by atoms with van der Waals surface area (Å²) < 4.78 is 20.3. The van der Waals surface area contributed by atoms with E-state index in [-0.39, 0.29) is 23.2 Å². The molecule has 8 heteroatoms. The van der Waals surface area contributed by atoms with E-state index in [2.05, 4.69) is 20.5 Å². The van der Waals surface area contributed by atoms with E-state index in [0.717, 1.165) is 12.8 Å². The molecule has 154 valence electrons. The quantitative estimate of drug-likeness (QED) is 0.614. The molecule has 0 spiro atoms. The molecular weight excluding hydrogens is 387 g/mol. The minimum Gasteiger partial charge on any atom is -0.507 e. The fourth-order valence-electron chi connectivity index (χ4n) is 4.30. The van der Waals surface area contributed by atoms with Gasteiger partial charge in [-0.3, -0.25) is 4.79 Å². The molecular formula is C22H21FN4O3. The number of rotatable bonds is 4. The molecule has 2 aromatic heterocycles. The number of phenolic OH excluding ortho intramolecular Hbond substituents is 1. The summed E-state index contributed by atoms with van der Waals surface area (Å²) in [5, 5.41) is 22.0. The molecule has 2 bridgehead atoms. The van der Waals surface area contributed by atoms with Gasteiger partial charge in [0.1, 0.15) is 11.9 Å². The molecule has 7 nitrogen and oxygen atoms in total. The van der Waals surface area contributed by atoms with Gasteiger partial charge in [0.05, 0.1) is 5.69 Å². The van der Waals surface area contributed by atoms with Gasteiger partial charge in [-0.2, -0.15) is 0 Å². The first-order chi connectivity index (χ1) is 14.6. The van der Waals surface area contributed by atoms with E-state index in [1.807, 2.05) is 0 Å². The zero-order valence-corrected chi connectivity index (χ0v) is 16.1. The number of aromatic amines is 1. The van der Waals surface area contributed by atoms with Crippen molar-refractivity contribution in [1.82, 2.24) is 20.5 Å². The van der Waals surface area contributed by atoms with Crippen LogP contribution in [0.4, 0.5) is 4.39 Å². The van der Waals surface area contributed by atoms with Gasteiger partial charge in [0, 0.05) is 42.4 Å². The number of halogens is 1. The van der Waals surface area contributed by atoms with Gasteiger partial charge in [-0.05, 0) is 48.2 Å². The van der Waals surface area contributed by atoms with Crippen molar-refractivity contribution in [2.45, 2.75) is 43.6 Å². The van der Waals surface area contributed by atoms with Gasteiger partial charge in [0.2, 0.25) is 11.4 Å². The van der Waals surface area contributed by atoms with Crippen LogP contribution in [0.5, 0.6) is 11.6 Å². The summed E-state index contributed by atoms with van der Waals surface area (Å²) in [6.07, 6.45) is 2.40. The predicted molar refractivity (Wildman–Crippen MR) is 109 cm³/mol. The summed E-state index contributed by atoms with van der Waals surface area (Å²) in [5.41, 5.74) is 2.18. The lowest BCUT2D eigenvalue weighted by molar-refractivity contribution is 0.0422. The van der Waals surface area contributed by atoms with Crippen LogP contribution in [0.15, 0.2) is 53.5 Å². The summed E-state index contributed by atoms with van der Waals surface area (Å²) in [4.78, 5) is 14.1. The maximum atomic E-state index is 14.5. The topological polar surface area (TPSA) is 100 Å². The number of ether oxygens (including phenoxy) is 1. The molecule has 2 unspecified atom stereocenters. The summed E-state index contributed by atoms with van der Waals surface area (Å²) in [7, 11) is 0. The third-order valence-electron chi connectivity index (χ3n) is 5.83. The van der Waals surface area contributed by atoms with Crippen molar-refractivity contribution in [3.8, 4) is 34.0 Å². The fraction of sp³-hybridized carbons (Fsp3) is 0.318. The average Bonchev–Trinajstić information content (AvgIpc) is 3.16. The number of aromatic nitrogens is 3. The molecule has 1 aromatic carbocycles. The first kappa shape index (κ1) is 18.7. The van der Waals surface area contributed by atoms with E-state index in [9.17, 15) is 14.3 Å². The lowest BCUT2D eigenvalue weighted by Gasteiger charge is -2.32. The van der Waals surface area contributed by atoms with Gasteiger partial charge in [-0.1, -0.05) is 6.07 Å². The highest BCUT2D eigenvalue weighted by Crippen LogP contribution is 2.34. The van der Waals surface area contributed by atoms with Gasteiger partial charge >= 0.3 is 0 Å². The number of aromatic hydroxyl groups is 1. The van der Waals surface area contributed by atoms with Gasteiger partial charge < -0.3 is 20.1 Å². The molecule has 5 rings (SSSR count). The Morgan fingerprint density at radius 2 is 1.93 bits per heavy atom. The largest absolute Gasteiger partial charge is 0.507 e. The van der Waals surface area contributed by atoms with Crippen molar-refractivity contribution in [2.75, 3.05) is 0 Å². The second kappa shape index (κ2) is 7.53. The normalized spacial score (nSPS) is 25.2. The minimum atomic E-state index is -1.06. The van der Waals surface area contributed by atoms with E-state index in [4.69, 9.17) is 4.74 Å². The van der Waals surface area contributed by atoms with Crippen molar-refractivity contribution in [2.24, 2.45) is 0 Å². The first-order valence-corrected chi connectivity index (χ1v) is 10.00. The molecule has 3 N–H and O–H groups in total. The number of phenols is 1. The highest BCUT2D eigenvalue weighted by atomic mass is 19.1. The first-order valence-electron chi connectivity index (χ1n) is 10.00. The predicted octanol–water partition coefficient (Wildman–Crippen LogP) is 2.81. The number of H-pyrrole nitrogens is 1. The zero-order valence-electron chi connectivity index (χ0n) is 16.1. The van der Waals surface area contributed by atoms with Gasteiger partial charge in [-0.15, -0.1) is 10.2 Å². The van der Waals surface area contributed by atoms with Crippen LogP contribution < -0.4 is 15.6 Å². The molecule has 0 aliphatic carbocycles. The monoisotopic (exact) mass is 408 g/mol. The standard InChI is InChI=1S/C22H21FN4O3/c23-22-17-4-2-14(25-17)11-19(22)30-21-6-5-16(26-27-21)15-3-1-12(9-18(15)28)13-7-8-24-20(29)10-13/h1,3,5-10,14,17,19,22,25,28H,2,4,11H2,(H,24,29)/t14?,17?,19-,22-/m0/s1. The third kappa shape index (κ3) is 3.54. The molecule has 2 saturated heterocycles. The SMILES string of the molecule is O=c1cc(-c2ccc(-c3ccc(O[C@H]4CC5CCC(N5)[C@@H]4F)nn3)c(O)c2)cc[nH]1. The minimum absolute atomic E-state index is 0.0227. The van der Waals surface area contributed by atoms with Crippen LogP contribution in [0.3, 0.4) is 0 Å². The van der Waals surface area contributed by atoms with Crippen molar-refractivity contribution in [1.29, 1.82) is 0 Å². The Hall–Kier alpha value is -3.26. The van der Waals surface area contributed by atoms with Gasteiger partial charge in [0.15, 0.2) is 6.17 Å².